The number of ether oxygens (including phenoxy) is 11. The summed E-state index contributed by atoms with van der Waals surface area (Å²) in [5.41, 5.74) is 0. The van der Waals surface area contributed by atoms with E-state index in [1.54, 1.807) is 0 Å². The van der Waals surface area contributed by atoms with Crippen LogP contribution in [0.25, 0.3) is 0 Å². The normalized spacial score (nSPS) is 49.7. The van der Waals surface area contributed by atoms with Crippen LogP contribution in [-0.4, -0.2) is 337 Å². The number of carbonyl (C=O) groups excluding carboxylic acids is 1. The highest BCUT2D eigenvalue weighted by Crippen LogP contribution is 2.40. The van der Waals surface area contributed by atoms with Crippen molar-refractivity contribution in [2.75, 3.05) is 33.0 Å². The minimum Gasteiger partial charge on any atom is -0.477 e. The molecule has 6 aliphatic heterocycles. The predicted octanol–water partition coefficient (Wildman–Crippen LogP) is -13.7. The lowest BCUT2D eigenvalue weighted by atomic mass is 9.90. The zero-order valence-corrected chi connectivity index (χ0v) is 39.8. The van der Waals surface area contributed by atoms with E-state index in [-0.39, 0.29) is 0 Å². The van der Waals surface area contributed by atoms with Crippen molar-refractivity contribution in [1.29, 1.82) is 0 Å². The summed E-state index contributed by atoms with van der Waals surface area (Å²) in [6.45, 7) is -3.30. The zero-order chi connectivity index (χ0) is 55.7. The number of carboxylic acids is 1. The van der Waals surface area contributed by atoms with Gasteiger partial charge in [-0.3, -0.25) is 4.79 Å². The number of aliphatic hydroxyl groups is 19. The van der Waals surface area contributed by atoms with Crippen LogP contribution in [0.3, 0.4) is 0 Å². The van der Waals surface area contributed by atoms with Crippen molar-refractivity contribution < 1.29 is 164 Å². The van der Waals surface area contributed by atoms with E-state index in [4.69, 9.17) is 52.1 Å². The largest absolute Gasteiger partial charge is 0.477 e. The first-order valence-corrected chi connectivity index (χ1v) is 23.6. The second-order valence-corrected chi connectivity index (χ2v) is 18.9. The molecule has 34 nitrogen and oxygen atoms in total. The van der Waals surface area contributed by atoms with Crippen LogP contribution in [0, 0.1) is 0 Å². The Balaban J connectivity index is 1.36. The first-order chi connectivity index (χ1) is 35.3. The highest BCUT2D eigenvalue weighted by atomic mass is 16.8. The molecule has 75 heavy (non-hydrogen) atoms. The average Bonchev–Trinajstić information content (AvgIpc) is 3.37. The number of hydrogen-bond acceptors (Lipinski definition) is 32. The molecule has 6 heterocycles. The number of carbonyl (C=O) groups is 2. The van der Waals surface area contributed by atoms with Crippen LogP contribution in [-0.2, 0) is 61.7 Å². The molecule has 6 rings (SSSR count). The Labute approximate surface area is 423 Å². The summed E-state index contributed by atoms with van der Waals surface area (Å²) >= 11 is 0. The fourth-order valence-electron chi connectivity index (χ4n) is 9.53. The molecule has 6 fully saturated rings. The predicted molar refractivity (Wildman–Crippen MR) is 227 cm³/mol. The van der Waals surface area contributed by atoms with Crippen molar-refractivity contribution in [3.8, 4) is 0 Å². The molecule has 1 amide bonds. The Morgan fingerprint density at radius 1 is 0.547 bits per heavy atom. The van der Waals surface area contributed by atoms with Crippen LogP contribution in [0.5, 0.6) is 0 Å². The molecule has 6 saturated heterocycles. The molecule has 1 unspecified atom stereocenters. The topological polar surface area (TPSA) is 552 Å². The third kappa shape index (κ3) is 12.9. The van der Waals surface area contributed by atoms with Gasteiger partial charge in [0.25, 0.3) is 5.79 Å². The third-order valence-corrected chi connectivity index (χ3v) is 13.8. The van der Waals surface area contributed by atoms with Gasteiger partial charge in [-0.2, -0.15) is 0 Å². The van der Waals surface area contributed by atoms with Crippen molar-refractivity contribution in [2.45, 2.75) is 210 Å². The van der Waals surface area contributed by atoms with Gasteiger partial charge >= 0.3 is 5.97 Å². The van der Waals surface area contributed by atoms with E-state index in [2.05, 4.69) is 5.32 Å². The minimum atomic E-state index is -3.24. The number of aliphatic carboxylic acids is 1. The molecule has 0 radical (unpaired) electrons. The van der Waals surface area contributed by atoms with E-state index >= 15 is 0 Å². The van der Waals surface area contributed by atoms with Crippen LogP contribution >= 0.6 is 0 Å². The smallest absolute Gasteiger partial charge is 0.364 e. The summed E-state index contributed by atoms with van der Waals surface area (Å²) in [5.74, 6) is -6.31. The number of carboxylic acid groups (broad SMARTS) is 1. The molecule has 0 aliphatic carbocycles. The lowest BCUT2D eigenvalue weighted by Crippen LogP contribution is -2.72. The molecule has 0 saturated carbocycles. The second kappa shape index (κ2) is 25.9. The summed E-state index contributed by atoms with van der Waals surface area (Å²) in [6, 6.07) is -1.94. The molecule has 0 aromatic heterocycles. The van der Waals surface area contributed by atoms with Crippen LogP contribution in [0.4, 0.5) is 0 Å². The Hall–Kier alpha value is -2.26. The maximum Gasteiger partial charge on any atom is 0.364 e. The molecular formula is C41H69NO33. The summed E-state index contributed by atoms with van der Waals surface area (Å²) < 4.78 is 63.1. The molecule has 0 aromatic rings. The fourth-order valence-corrected chi connectivity index (χ4v) is 9.53. The van der Waals surface area contributed by atoms with Gasteiger partial charge in [-0.25, -0.2) is 4.79 Å². The maximum absolute atomic E-state index is 13.1. The van der Waals surface area contributed by atoms with Gasteiger partial charge in [-0.15, -0.1) is 0 Å². The van der Waals surface area contributed by atoms with E-state index < -0.39 is 241 Å². The van der Waals surface area contributed by atoms with Crippen LogP contribution in [0.1, 0.15) is 20.3 Å². The van der Waals surface area contributed by atoms with E-state index in [1.807, 2.05) is 0 Å². The number of rotatable bonds is 19. The number of aliphatic hydroxyl groups excluding tert-OH is 19. The van der Waals surface area contributed by atoms with Gasteiger partial charge in [0, 0.05) is 13.3 Å². The summed E-state index contributed by atoms with van der Waals surface area (Å²) in [4.78, 5) is 26.0. The van der Waals surface area contributed by atoms with E-state index in [0.29, 0.717) is 0 Å². The monoisotopic (exact) mass is 1100 g/mol. The van der Waals surface area contributed by atoms with Gasteiger partial charge in [0.15, 0.2) is 31.5 Å². The molecule has 31 atom stereocenters. The highest BCUT2D eigenvalue weighted by molar-refractivity contribution is 5.76. The van der Waals surface area contributed by atoms with E-state index in [9.17, 15) is 112 Å². The molecule has 0 aromatic carbocycles. The molecule has 0 spiro atoms. The Morgan fingerprint density at radius 2 is 1.04 bits per heavy atom. The van der Waals surface area contributed by atoms with Gasteiger partial charge in [-0.05, 0) is 6.92 Å². The summed E-state index contributed by atoms with van der Waals surface area (Å²) in [6.07, 6.45) is -60.4. The Bertz CT molecular complexity index is 1830. The number of amides is 1. The maximum atomic E-state index is 13.1. The highest BCUT2D eigenvalue weighted by Gasteiger charge is 2.61. The lowest BCUT2D eigenvalue weighted by Gasteiger charge is -2.52. The quantitative estimate of drug-likeness (QED) is 0.0571. The van der Waals surface area contributed by atoms with Gasteiger partial charge in [0.1, 0.15) is 140 Å². The van der Waals surface area contributed by atoms with Gasteiger partial charge < -0.3 is 160 Å². The van der Waals surface area contributed by atoms with Gasteiger partial charge in [0.2, 0.25) is 5.91 Å². The lowest BCUT2D eigenvalue weighted by molar-refractivity contribution is -0.401. The van der Waals surface area contributed by atoms with Crippen molar-refractivity contribution in [3.63, 3.8) is 0 Å². The first-order valence-electron chi connectivity index (χ1n) is 23.6. The molecule has 0 bridgehead atoms. The minimum absolute atomic E-state index is 0.941. The van der Waals surface area contributed by atoms with Gasteiger partial charge in [0.05, 0.1) is 45.2 Å². The van der Waals surface area contributed by atoms with Crippen molar-refractivity contribution in [3.05, 3.63) is 0 Å². The van der Waals surface area contributed by atoms with E-state index in [0.717, 1.165) is 6.92 Å². The van der Waals surface area contributed by atoms with Crippen LogP contribution in [0.15, 0.2) is 0 Å². The number of nitrogens with one attached hydrogen (secondary N) is 1. The summed E-state index contributed by atoms with van der Waals surface area (Å²) in [5, 5.41) is 215. The van der Waals surface area contributed by atoms with Crippen LogP contribution < -0.4 is 5.32 Å². The molecule has 21 N–H and O–H groups in total. The SMILES string of the molecule is CC(=O)N[C@H]1[C@H](O[C@H]2[C@@H](O)[C@@H](CO)O[C@@H](O[C@H]3[C@H](O)[C@@H](O)C(O)O[C@@H]3CO)[C@@H]2O)O[C@H](CO)[C@@H](O[C@@H]2O[C@H](CO)[C@H](O)[C@H](O[C@]3(C(=O)O)C[C@H](O)[C@@H](O)[C@H]([C@H](O)[C@H](O)CO)O3)[C@H]2O)[C@@H]1O[C@H]1O[C@H](C)[C@H](O)[C@H](O)[C@H]1O. The third-order valence-electron chi connectivity index (χ3n) is 13.8. The Morgan fingerprint density at radius 3 is 1.59 bits per heavy atom. The first kappa shape index (κ1) is 61.9. The molecular weight excluding hydrogens is 1030 g/mol. The van der Waals surface area contributed by atoms with Crippen molar-refractivity contribution in [2.24, 2.45) is 0 Å². The molecule has 34 heteroatoms. The van der Waals surface area contributed by atoms with Gasteiger partial charge in [-0.1, -0.05) is 0 Å². The average molecular weight is 1100 g/mol. The standard InChI is InChI=1S/C41H69NO33/c1-9-18(51)23(56)26(59)37(65-9)72-31-17(42-10(2)48)36(73-32-21(54)13(5-44)67-38(27(32)60)70-29-15(7-46)66-35(62)25(58)24(29)57)69-16(8-47)30(31)71-39-28(61)34(22(55)14(6-45)68-39)75-41(40(63)64)3-11(49)19(52)33(74-41)20(53)12(50)4-43/h9,11-39,43-47,49-62H,3-8H2,1-2H3,(H,42,48)(H,63,64)/t9-,11+,12-,13-,14-,15-,16-,17-,18+,19-,20-,21+,22+,23+,24-,25-,26-,27-,28-,29-,30-,31-,32+,33-,34+,35?,36+,37-,38+,39+,41+/m1/s1. The second-order valence-electron chi connectivity index (χ2n) is 18.9. The summed E-state index contributed by atoms with van der Waals surface area (Å²) in [7, 11) is 0. The molecule has 6 aliphatic rings. The van der Waals surface area contributed by atoms with Crippen molar-refractivity contribution >= 4 is 11.9 Å². The zero-order valence-electron chi connectivity index (χ0n) is 39.8. The molecule has 436 valence electrons. The Kier molecular flexibility index (Phi) is 21.4. The van der Waals surface area contributed by atoms with E-state index in [1.165, 1.54) is 6.92 Å². The van der Waals surface area contributed by atoms with Crippen molar-refractivity contribution in [1.82, 2.24) is 5.32 Å². The fraction of sp³-hybridized carbons (Fsp3) is 0.951. The van der Waals surface area contributed by atoms with Crippen LogP contribution in [0.2, 0.25) is 0 Å². The number of hydrogen-bond donors (Lipinski definition) is 21.